The first-order valence-corrected chi connectivity index (χ1v) is 9.25. The zero-order valence-corrected chi connectivity index (χ0v) is 15.0. The van der Waals surface area contributed by atoms with Crippen molar-refractivity contribution in [3.05, 3.63) is 29.8 Å². The van der Waals surface area contributed by atoms with E-state index in [0.717, 1.165) is 17.7 Å². The number of carbonyl (C=O) groups excluding carboxylic acids is 2. The van der Waals surface area contributed by atoms with E-state index in [1.807, 2.05) is 24.3 Å². The van der Waals surface area contributed by atoms with Crippen molar-refractivity contribution in [1.29, 1.82) is 0 Å². The number of rotatable bonds is 4. The summed E-state index contributed by atoms with van der Waals surface area (Å²) in [6.45, 7) is 0.420. The molecule has 2 aliphatic rings. The Bertz CT molecular complexity index is 708. The highest BCUT2D eigenvalue weighted by Crippen LogP contribution is 2.34. The van der Waals surface area contributed by atoms with Crippen molar-refractivity contribution in [2.24, 2.45) is 11.7 Å². The van der Waals surface area contributed by atoms with Gasteiger partial charge in [0.05, 0.1) is 5.92 Å². The van der Waals surface area contributed by atoms with E-state index < -0.39 is 18.1 Å². The summed E-state index contributed by atoms with van der Waals surface area (Å²) in [5.41, 5.74) is 7.64. The summed E-state index contributed by atoms with van der Waals surface area (Å²) in [5.74, 6) is -1.72. The molecule has 3 rings (SSSR count). The highest BCUT2D eigenvalue weighted by molar-refractivity contribution is 5.96. The van der Waals surface area contributed by atoms with Crippen LogP contribution in [0.5, 0.6) is 0 Å². The van der Waals surface area contributed by atoms with Gasteiger partial charge in [0.2, 0.25) is 11.8 Å². The summed E-state index contributed by atoms with van der Waals surface area (Å²) in [6, 6.07) is 6.62. The molecule has 2 aliphatic heterocycles. The van der Waals surface area contributed by atoms with Crippen molar-refractivity contribution in [2.45, 2.75) is 44.3 Å². The second-order valence-electron chi connectivity index (χ2n) is 7.22. The molecule has 1 saturated heterocycles. The highest BCUT2D eigenvalue weighted by atomic mass is 19.4. The van der Waals surface area contributed by atoms with Crippen molar-refractivity contribution in [3.63, 3.8) is 0 Å². The number of piperidine rings is 1. The third-order valence-corrected chi connectivity index (χ3v) is 5.40. The molecule has 1 aromatic rings. The predicted octanol–water partition coefficient (Wildman–Crippen LogP) is 2.48. The first-order valence-electron chi connectivity index (χ1n) is 9.25. The summed E-state index contributed by atoms with van der Waals surface area (Å²) in [5, 5.41) is 0. The number of hydrogen-bond acceptors (Lipinski definition) is 3. The Hall–Kier alpha value is -2.09. The number of aryl methyl sites for hydroxylation is 1. The molecule has 2 unspecified atom stereocenters. The SMILES string of the molecule is NC1CN(C(=O)CCCN2C(=O)CCc3ccccc32)CCC1C(F)(F)F. The summed E-state index contributed by atoms with van der Waals surface area (Å²) in [4.78, 5) is 27.7. The molecular weight excluding hydrogens is 359 g/mol. The fraction of sp³-hybridized carbons (Fsp3) is 0.579. The molecule has 1 fully saturated rings. The molecule has 0 aromatic heterocycles. The van der Waals surface area contributed by atoms with E-state index in [2.05, 4.69) is 0 Å². The van der Waals surface area contributed by atoms with E-state index in [4.69, 9.17) is 5.73 Å². The van der Waals surface area contributed by atoms with Gasteiger partial charge in [-0.15, -0.1) is 0 Å². The van der Waals surface area contributed by atoms with Gasteiger partial charge >= 0.3 is 6.18 Å². The lowest BCUT2D eigenvalue weighted by Gasteiger charge is -2.37. The molecule has 2 N–H and O–H groups in total. The van der Waals surface area contributed by atoms with Gasteiger partial charge in [-0.1, -0.05) is 18.2 Å². The van der Waals surface area contributed by atoms with E-state index in [-0.39, 0.29) is 37.7 Å². The van der Waals surface area contributed by atoms with Gasteiger partial charge < -0.3 is 15.5 Å². The standard InChI is InChI=1S/C19H24F3N3O2/c20-19(21,22)14-9-11-24(12-15(14)23)17(26)6-3-10-25-16-5-2-1-4-13(16)7-8-18(25)27/h1-2,4-5,14-15H,3,6-12,23H2. The third kappa shape index (κ3) is 4.43. The molecule has 5 nitrogen and oxygen atoms in total. The van der Waals surface area contributed by atoms with Crippen LogP contribution in [-0.4, -0.2) is 48.6 Å². The number of likely N-dealkylation sites (tertiary alicyclic amines) is 1. The second-order valence-corrected chi connectivity index (χ2v) is 7.22. The van der Waals surface area contributed by atoms with E-state index >= 15 is 0 Å². The Balaban J connectivity index is 1.51. The van der Waals surface area contributed by atoms with Crippen LogP contribution in [0.25, 0.3) is 0 Å². The van der Waals surface area contributed by atoms with E-state index in [0.29, 0.717) is 19.4 Å². The van der Waals surface area contributed by atoms with Gasteiger partial charge in [0.15, 0.2) is 0 Å². The summed E-state index contributed by atoms with van der Waals surface area (Å²) < 4.78 is 38.6. The smallest absolute Gasteiger partial charge is 0.341 e. The molecule has 0 bridgehead atoms. The molecule has 0 saturated carbocycles. The summed E-state index contributed by atoms with van der Waals surface area (Å²) in [6.07, 6.45) is -2.66. The van der Waals surface area contributed by atoms with Crippen LogP contribution in [0.3, 0.4) is 0 Å². The minimum Gasteiger partial charge on any atom is -0.341 e. The first kappa shape index (κ1) is 19.7. The van der Waals surface area contributed by atoms with Crippen molar-refractivity contribution >= 4 is 17.5 Å². The number of carbonyl (C=O) groups is 2. The molecule has 2 amide bonds. The number of para-hydroxylation sites is 1. The topological polar surface area (TPSA) is 66.6 Å². The lowest BCUT2D eigenvalue weighted by Crippen LogP contribution is -2.54. The zero-order chi connectivity index (χ0) is 19.6. The largest absolute Gasteiger partial charge is 0.393 e. The maximum Gasteiger partial charge on any atom is 0.393 e. The van der Waals surface area contributed by atoms with Gasteiger partial charge in [0.1, 0.15) is 0 Å². The van der Waals surface area contributed by atoms with Crippen molar-refractivity contribution < 1.29 is 22.8 Å². The van der Waals surface area contributed by atoms with Crippen LogP contribution in [0.15, 0.2) is 24.3 Å². The average Bonchev–Trinajstić information content (AvgIpc) is 2.62. The maximum absolute atomic E-state index is 12.9. The van der Waals surface area contributed by atoms with Gasteiger partial charge in [-0.2, -0.15) is 13.2 Å². The lowest BCUT2D eigenvalue weighted by molar-refractivity contribution is -0.191. The molecule has 2 heterocycles. The van der Waals surface area contributed by atoms with Crippen LogP contribution in [0.2, 0.25) is 0 Å². The normalized spacial score (nSPS) is 23.3. The van der Waals surface area contributed by atoms with Crippen LogP contribution in [-0.2, 0) is 16.0 Å². The van der Waals surface area contributed by atoms with E-state index in [1.54, 1.807) is 4.90 Å². The van der Waals surface area contributed by atoms with Crippen LogP contribution in [0.4, 0.5) is 18.9 Å². The fourth-order valence-corrected chi connectivity index (χ4v) is 3.90. The van der Waals surface area contributed by atoms with Gasteiger partial charge in [0, 0.05) is 44.2 Å². The highest BCUT2D eigenvalue weighted by Gasteiger charge is 2.46. The van der Waals surface area contributed by atoms with Crippen LogP contribution in [0, 0.1) is 5.92 Å². The van der Waals surface area contributed by atoms with Gasteiger partial charge in [-0.3, -0.25) is 9.59 Å². The molecule has 27 heavy (non-hydrogen) atoms. The molecule has 0 aliphatic carbocycles. The van der Waals surface area contributed by atoms with Crippen LogP contribution in [0.1, 0.15) is 31.2 Å². The summed E-state index contributed by atoms with van der Waals surface area (Å²) in [7, 11) is 0. The predicted molar refractivity (Wildman–Crippen MR) is 95.1 cm³/mol. The molecular formula is C19H24F3N3O2. The molecule has 1 aromatic carbocycles. The monoisotopic (exact) mass is 383 g/mol. The van der Waals surface area contributed by atoms with Gasteiger partial charge in [-0.25, -0.2) is 0 Å². The molecule has 148 valence electrons. The number of nitrogens with zero attached hydrogens (tertiary/aromatic N) is 2. The van der Waals surface area contributed by atoms with Crippen molar-refractivity contribution in [2.75, 3.05) is 24.5 Å². The maximum atomic E-state index is 12.9. The molecule has 2 atom stereocenters. The number of anilines is 1. The zero-order valence-electron chi connectivity index (χ0n) is 15.0. The van der Waals surface area contributed by atoms with Gasteiger partial charge in [-0.05, 0) is 30.9 Å². The number of hydrogen-bond donors (Lipinski definition) is 1. The minimum atomic E-state index is -4.32. The molecule has 0 radical (unpaired) electrons. The number of halogens is 3. The quantitative estimate of drug-likeness (QED) is 0.869. The lowest BCUT2D eigenvalue weighted by atomic mass is 9.91. The van der Waals surface area contributed by atoms with Gasteiger partial charge in [0.25, 0.3) is 0 Å². The number of amides is 2. The van der Waals surface area contributed by atoms with Crippen molar-refractivity contribution in [1.82, 2.24) is 4.90 Å². The number of benzene rings is 1. The number of nitrogens with two attached hydrogens (primary N) is 1. The second kappa shape index (κ2) is 7.88. The first-order chi connectivity index (χ1) is 12.8. The van der Waals surface area contributed by atoms with Crippen LogP contribution < -0.4 is 10.6 Å². The number of alkyl halides is 3. The Morgan fingerprint density at radius 3 is 2.67 bits per heavy atom. The van der Waals surface area contributed by atoms with Crippen molar-refractivity contribution in [3.8, 4) is 0 Å². The Morgan fingerprint density at radius 2 is 1.96 bits per heavy atom. The van der Waals surface area contributed by atoms with E-state index in [1.165, 1.54) is 4.90 Å². The molecule has 8 heteroatoms. The third-order valence-electron chi connectivity index (χ3n) is 5.40. The fourth-order valence-electron chi connectivity index (χ4n) is 3.90. The Morgan fingerprint density at radius 1 is 1.22 bits per heavy atom. The van der Waals surface area contributed by atoms with Crippen LogP contribution >= 0.6 is 0 Å². The molecule has 0 spiro atoms. The summed E-state index contributed by atoms with van der Waals surface area (Å²) >= 11 is 0. The van der Waals surface area contributed by atoms with E-state index in [9.17, 15) is 22.8 Å². The Labute approximate surface area is 156 Å². The Kier molecular flexibility index (Phi) is 5.74. The average molecular weight is 383 g/mol. The number of fused-ring (bicyclic) bond motifs is 1. The minimum absolute atomic E-state index is 0.0363.